The minimum Gasteiger partial charge on any atom is -0.311 e. The molecule has 358 valence electrons. The smallest absolute Gasteiger partial charge is 0.254 e. The van der Waals surface area contributed by atoms with Gasteiger partial charge in [0.15, 0.2) is 0 Å². The zero-order valence-electron chi connectivity index (χ0n) is 44.0. The Balaban J connectivity index is 1.27. The van der Waals surface area contributed by atoms with Crippen molar-refractivity contribution in [2.45, 2.75) is 111 Å². The summed E-state index contributed by atoms with van der Waals surface area (Å²) in [6.07, 6.45) is 2.30. The van der Waals surface area contributed by atoms with Gasteiger partial charge < -0.3 is 14.7 Å². The number of thiophene rings is 1. The average Bonchev–Trinajstić information content (AvgIpc) is 3.73. The second kappa shape index (κ2) is 16.6. The molecular formula is C67H66BN3S. The molecule has 0 fully saturated rings. The molecule has 0 saturated heterocycles. The third-order valence-electron chi connectivity index (χ3n) is 16.3. The summed E-state index contributed by atoms with van der Waals surface area (Å²) in [7, 11) is 0. The van der Waals surface area contributed by atoms with Crippen LogP contribution in [0.3, 0.4) is 0 Å². The fourth-order valence-electron chi connectivity index (χ4n) is 12.1. The summed E-state index contributed by atoms with van der Waals surface area (Å²) in [5, 5.41) is 2.63. The lowest BCUT2D eigenvalue weighted by atomic mass is 9.33. The molecule has 0 radical (unpaired) electrons. The Morgan fingerprint density at radius 1 is 0.500 bits per heavy atom. The lowest BCUT2D eigenvalue weighted by Crippen LogP contribution is -2.61. The van der Waals surface area contributed by atoms with E-state index < -0.39 is 0 Å². The Morgan fingerprint density at radius 3 is 1.65 bits per heavy atom. The molecule has 0 saturated carbocycles. The molecule has 1 aliphatic carbocycles. The highest BCUT2D eigenvalue weighted by atomic mass is 32.1. The van der Waals surface area contributed by atoms with E-state index in [2.05, 4.69) is 267 Å². The highest BCUT2D eigenvalue weighted by Crippen LogP contribution is 2.54. The van der Waals surface area contributed by atoms with Gasteiger partial charge in [-0.25, -0.2) is 0 Å². The Bertz CT molecular complexity index is 3520. The van der Waals surface area contributed by atoms with Gasteiger partial charge >= 0.3 is 0 Å². The molecule has 5 heteroatoms. The molecule has 0 bridgehead atoms. The normalized spacial score (nSPS) is 15.5. The number of rotatable bonds is 6. The van der Waals surface area contributed by atoms with Crippen LogP contribution in [0.25, 0.3) is 21.2 Å². The summed E-state index contributed by atoms with van der Waals surface area (Å²) in [4.78, 5) is 7.79. The minimum absolute atomic E-state index is 0.0110. The number of aryl methyl sites for hydroxylation is 1. The van der Waals surface area contributed by atoms with Gasteiger partial charge in [0, 0.05) is 44.4 Å². The maximum Gasteiger partial charge on any atom is 0.254 e. The summed E-state index contributed by atoms with van der Waals surface area (Å²) in [6, 6.07) is 67.3. The van der Waals surface area contributed by atoms with E-state index in [0.29, 0.717) is 0 Å². The van der Waals surface area contributed by atoms with E-state index in [9.17, 15) is 0 Å². The SMILES string of the molecule is Cc1ccc2sc3c(c2c1)B1c2cc4c(cc2N(c2ccc(C(C)(C)C)cc2)c2cc(N(c5ccccc5)c5ccccc5)cc(c21)N3c1ccc(C(C)(C)C)cc1-c1ccccc1)C(C)(C)CCC4(C)C. The molecule has 3 nitrogen and oxygen atoms in total. The van der Waals surface area contributed by atoms with E-state index in [4.69, 9.17) is 0 Å². The van der Waals surface area contributed by atoms with Crippen molar-refractivity contribution in [1.29, 1.82) is 0 Å². The van der Waals surface area contributed by atoms with Crippen LogP contribution in [-0.2, 0) is 21.7 Å². The Morgan fingerprint density at radius 2 is 1.06 bits per heavy atom. The predicted molar refractivity (Wildman–Crippen MR) is 313 cm³/mol. The van der Waals surface area contributed by atoms with Gasteiger partial charge in [-0.05, 0) is 164 Å². The Labute approximate surface area is 432 Å². The van der Waals surface area contributed by atoms with Crippen LogP contribution >= 0.6 is 11.3 Å². The number of hydrogen-bond acceptors (Lipinski definition) is 4. The molecule has 1 aromatic heterocycles. The van der Waals surface area contributed by atoms with Gasteiger partial charge in [0.05, 0.1) is 16.4 Å². The fraction of sp³-hybridized carbons (Fsp3) is 0.254. The quantitative estimate of drug-likeness (QED) is 0.154. The zero-order valence-corrected chi connectivity index (χ0v) is 44.8. The average molecular weight is 956 g/mol. The molecule has 0 atom stereocenters. The second-order valence-corrected chi connectivity index (χ2v) is 25.2. The lowest BCUT2D eigenvalue weighted by Gasteiger charge is -2.47. The topological polar surface area (TPSA) is 9.72 Å². The third-order valence-corrected chi connectivity index (χ3v) is 17.4. The minimum atomic E-state index is -0.0471. The van der Waals surface area contributed by atoms with E-state index in [1.54, 1.807) is 0 Å². The van der Waals surface area contributed by atoms with Gasteiger partial charge in [0.2, 0.25) is 0 Å². The molecule has 72 heavy (non-hydrogen) atoms. The van der Waals surface area contributed by atoms with Crippen molar-refractivity contribution in [3.63, 3.8) is 0 Å². The van der Waals surface area contributed by atoms with Gasteiger partial charge in [-0.2, -0.15) is 0 Å². The Hall–Kier alpha value is -6.82. The van der Waals surface area contributed by atoms with Crippen molar-refractivity contribution in [2.24, 2.45) is 0 Å². The van der Waals surface area contributed by atoms with Gasteiger partial charge in [0.1, 0.15) is 0 Å². The van der Waals surface area contributed by atoms with Gasteiger partial charge in [-0.15, -0.1) is 11.3 Å². The largest absolute Gasteiger partial charge is 0.311 e. The first-order valence-electron chi connectivity index (χ1n) is 26.1. The van der Waals surface area contributed by atoms with E-state index >= 15 is 0 Å². The first-order chi connectivity index (χ1) is 34.4. The maximum absolute atomic E-state index is 2.68. The van der Waals surface area contributed by atoms with Crippen LogP contribution < -0.4 is 31.1 Å². The predicted octanol–water partition coefficient (Wildman–Crippen LogP) is 17.4. The van der Waals surface area contributed by atoms with E-state index in [1.807, 2.05) is 11.3 Å². The van der Waals surface area contributed by atoms with Crippen LogP contribution in [0, 0.1) is 6.92 Å². The van der Waals surface area contributed by atoms with Crippen LogP contribution in [0.15, 0.2) is 176 Å². The summed E-state index contributed by atoms with van der Waals surface area (Å²) in [5.74, 6) is 0. The van der Waals surface area contributed by atoms with Crippen LogP contribution in [0.2, 0.25) is 0 Å². The molecule has 9 aromatic rings. The van der Waals surface area contributed by atoms with Crippen molar-refractivity contribution >= 4 is 95.0 Å². The van der Waals surface area contributed by atoms with E-state index in [0.717, 1.165) is 29.9 Å². The van der Waals surface area contributed by atoms with Crippen LogP contribution in [-0.4, -0.2) is 6.71 Å². The number of nitrogens with zero attached hydrogens (tertiary/aromatic N) is 3. The maximum atomic E-state index is 2.68. The monoisotopic (exact) mass is 956 g/mol. The summed E-state index contributed by atoms with van der Waals surface area (Å²) >= 11 is 1.95. The molecule has 2 aliphatic heterocycles. The van der Waals surface area contributed by atoms with Crippen molar-refractivity contribution in [3.05, 3.63) is 204 Å². The molecular weight excluding hydrogens is 890 g/mol. The fourth-order valence-corrected chi connectivity index (χ4v) is 13.3. The number of fused-ring (bicyclic) bond motifs is 7. The summed E-state index contributed by atoms with van der Waals surface area (Å²) < 4.78 is 1.31. The highest BCUT2D eigenvalue weighted by molar-refractivity contribution is 7.26. The molecule has 8 aromatic carbocycles. The molecule has 12 rings (SSSR count). The number of anilines is 9. The molecule has 0 amide bonds. The standard InChI is InChI=1S/C67H66BN3S/c1-43-27-34-60-52(37-43)61-63(72-60)71(56-33-30-46(65(5,6)7)38-51(56)44-21-15-12-16-22-44)59-40-50(69(47-23-17-13-18-24-47)48-25-19-14-20-26-48)39-58-62(59)68(61)55-41-53-54(67(10,11)36-35-66(53,8)9)42-57(55)70(58)49-31-28-45(29-32-49)64(2,3)4/h12-34,37-42H,35-36H2,1-11H3. The molecule has 0 unspecified atom stereocenters. The van der Waals surface area contributed by atoms with Crippen LogP contribution in [0.4, 0.5) is 50.5 Å². The molecule has 0 N–H and O–H groups in total. The highest BCUT2D eigenvalue weighted by Gasteiger charge is 2.48. The van der Waals surface area contributed by atoms with Gasteiger partial charge in [-0.3, -0.25) is 0 Å². The first-order valence-corrected chi connectivity index (χ1v) is 26.9. The third kappa shape index (κ3) is 7.53. The van der Waals surface area contributed by atoms with Gasteiger partial charge in [-0.1, -0.05) is 178 Å². The van der Waals surface area contributed by atoms with E-state index in [1.165, 1.54) is 98.9 Å². The van der Waals surface area contributed by atoms with Crippen LogP contribution in [0.5, 0.6) is 0 Å². The van der Waals surface area contributed by atoms with Crippen molar-refractivity contribution < 1.29 is 0 Å². The van der Waals surface area contributed by atoms with Gasteiger partial charge in [0.25, 0.3) is 6.71 Å². The van der Waals surface area contributed by atoms with Crippen LogP contribution in [0.1, 0.15) is 110 Å². The molecule has 0 spiro atoms. The van der Waals surface area contributed by atoms with Crippen molar-refractivity contribution in [1.82, 2.24) is 0 Å². The Kier molecular flexibility index (Phi) is 10.7. The number of para-hydroxylation sites is 2. The number of benzene rings is 8. The first kappa shape index (κ1) is 46.3. The van der Waals surface area contributed by atoms with Crippen molar-refractivity contribution in [3.8, 4) is 11.1 Å². The lowest BCUT2D eigenvalue weighted by molar-refractivity contribution is 0.332. The zero-order chi connectivity index (χ0) is 50.1. The van der Waals surface area contributed by atoms with E-state index in [-0.39, 0.29) is 28.4 Å². The van der Waals surface area contributed by atoms with Crippen molar-refractivity contribution in [2.75, 3.05) is 14.7 Å². The molecule has 3 aliphatic rings. The molecule has 3 heterocycles. The number of hydrogen-bond donors (Lipinski definition) is 0. The second-order valence-electron chi connectivity index (χ2n) is 24.2. The summed E-state index contributed by atoms with van der Waals surface area (Å²) in [6.45, 7) is 26.1. The summed E-state index contributed by atoms with van der Waals surface area (Å²) in [5.41, 5.74) is 22.8.